The third-order valence-corrected chi connectivity index (χ3v) is 5.23. The van der Waals surface area contributed by atoms with E-state index in [-0.39, 0.29) is 31.4 Å². The minimum atomic E-state index is -0.0786. The first-order chi connectivity index (χ1) is 11.3. The first-order valence-electron chi connectivity index (χ1n) is 8.53. The van der Waals surface area contributed by atoms with Crippen molar-refractivity contribution in [3.05, 3.63) is 22.4 Å². The average molecular weight is 354 g/mol. The second kappa shape index (κ2) is 7.21. The summed E-state index contributed by atoms with van der Waals surface area (Å²) >= 11 is 0. The van der Waals surface area contributed by atoms with Crippen molar-refractivity contribution in [1.82, 2.24) is 25.1 Å². The zero-order valence-electron chi connectivity index (χ0n) is 14.8. The van der Waals surface area contributed by atoms with Gasteiger partial charge in [-0.3, -0.25) is 4.79 Å². The topological polar surface area (TPSA) is 84.8 Å². The molecular formula is C16H24ClN5O2. The van der Waals surface area contributed by atoms with Crippen LogP contribution in [0.3, 0.4) is 0 Å². The van der Waals surface area contributed by atoms with Crippen molar-refractivity contribution in [3.8, 4) is 0 Å². The minimum Gasteiger partial charge on any atom is -1.00 e. The molecule has 2 aromatic heterocycles. The lowest BCUT2D eigenvalue weighted by Crippen LogP contribution is -3.00. The van der Waals surface area contributed by atoms with E-state index in [2.05, 4.69) is 22.3 Å². The maximum absolute atomic E-state index is 12.5. The zero-order valence-corrected chi connectivity index (χ0v) is 14.6. The standard InChI is InChI=1S/C16H23N5O2.ClH/c1-2-10-7-17-8-12(10)14-19-15-13(16(22)20-14)9-18-21(15)11-3-5-23-6-4-11;/h9-12,17H,2-8H2,1H3,(H,19,20,22);1H/t10-,12-;/m1./s1. The second-order valence-corrected chi connectivity index (χ2v) is 6.55. The highest BCUT2D eigenvalue weighted by Crippen LogP contribution is 2.29. The van der Waals surface area contributed by atoms with Crippen LogP contribution in [0.2, 0.25) is 0 Å². The van der Waals surface area contributed by atoms with E-state index in [1.807, 2.05) is 4.68 Å². The van der Waals surface area contributed by atoms with Gasteiger partial charge in [-0.1, -0.05) is 13.3 Å². The van der Waals surface area contributed by atoms with Crippen LogP contribution in [0.25, 0.3) is 11.0 Å². The number of ether oxygens (including phenoxy) is 1. The highest BCUT2D eigenvalue weighted by atomic mass is 35.5. The SMILES string of the molecule is CC[C@@H]1CNC[C@H]1c1nc2c(cnn2C2CCOCC2)c(=O)[nH]1.[Cl-].[H+]. The molecule has 0 radical (unpaired) electrons. The summed E-state index contributed by atoms with van der Waals surface area (Å²) in [5, 5.41) is 8.44. The smallest absolute Gasteiger partial charge is 1.00 e. The highest BCUT2D eigenvalue weighted by molar-refractivity contribution is 5.73. The second-order valence-electron chi connectivity index (χ2n) is 6.55. The lowest BCUT2D eigenvalue weighted by atomic mass is 9.93. The summed E-state index contributed by atoms with van der Waals surface area (Å²) in [6, 6.07) is 0.270. The number of hydrogen-bond donors (Lipinski definition) is 2. The number of aromatic nitrogens is 4. The van der Waals surface area contributed by atoms with Crippen LogP contribution in [0.4, 0.5) is 0 Å². The van der Waals surface area contributed by atoms with Crippen LogP contribution in [0.1, 0.15) is 45.4 Å². The number of aromatic amines is 1. The Kier molecular flexibility index (Phi) is 5.22. The van der Waals surface area contributed by atoms with Gasteiger partial charge in [0, 0.05) is 25.7 Å². The molecular weight excluding hydrogens is 330 g/mol. The number of nitrogens with zero attached hydrogens (tertiary/aromatic N) is 3. The van der Waals surface area contributed by atoms with E-state index in [1.165, 1.54) is 0 Å². The Morgan fingerprint density at radius 1 is 1.38 bits per heavy atom. The van der Waals surface area contributed by atoms with Crippen molar-refractivity contribution in [2.45, 2.75) is 38.1 Å². The third-order valence-electron chi connectivity index (χ3n) is 5.23. The number of H-pyrrole nitrogens is 1. The van der Waals surface area contributed by atoms with Gasteiger partial charge >= 0.3 is 1.43 Å². The van der Waals surface area contributed by atoms with E-state index in [1.54, 1.807) is 6.20 Å². The first-order valence-corrected chi connectivity index (χ1v) is 8.53. The van der Waals surface area contributed by atoms with E-state index < -0.39 is 0 Å². The third kappa shape index (κ3) is 2.96. The Bertz CT molecular complexity index is 759. The summed E-state index contributed by atoms with van der Waals surface area (Å²) in [5.41, 5.74) is 0.641. The monoisotopic (exact) mass is 353 g/mol. The number of hydrogen-bond acceptors (Lipinski definition) is 5. The summed E-state index contributed by atoms with van der Waals surface area (Å²) < 4.78 is 7.36. The summed E-state index contributed by atoms with van der Waals surface area (Å²) in [6.45, 7) is 5.53. The summed E-state index contributed by atoms with van der Waals surface area (Å²) in [6.07, 6.45) is 4.57. The number of halogens is 1. The molecule has 2 aromatic rings. The molecule has 0 aromatic carbocycles. The van der Waals surface area contributed by atoms with Crippen LogP contribution in [-0.4, -0.2) is 46.1 Å². The van der Waals surface area contributed by atoms with E-state index in [9.17, 15) is 4.79 Å². The fourth-order valence-corrected chi connectivity index (χ4v) is 3.81. The van der Waals surface area contributed by atoms with E-state index in [0.29, 0.717) is 11.3 Å². The zero-order chi connectivity index (χ0) is 15.8. The molecule has 2 fully saturated rings. The molecule has 4 rings (SSSR count). The Morgan fingerprint density at radius 2 is 2.17 bits per heavy atom. The summed E-state index contributed by atoms with van der Waals surface area (Å²) in [5.74, 6) is 1.60. The molecule has 2 N–H and O–H groups in total. The fourth-order valence-electron chi connectivity index (χ4n) is 3.81. The number of fused-ring (bicyclic) bond motifs is 1. The highest BCUT2D eigenvalue weighted by Gasteiger charge is 2.30. The van der Waals surface area contributed by atoms with Gasteiger partial charge in [0.05, 0.1) is 12.2 Å². The van der Waals surface area contributed by atoms with Crippen LogP contribution < -0.4 is 23.3 Å². The van der Waals surface area contributed by atoms with Gasteiger partial charge in [-0.05, 0) is 25.3 Å². The van der Waals surface area contributed by atoms with Crippen molar-refractivity contribution in [1.29, 1.82) is 0 Å². The van der Waals surface area contributed by atoms with Gasteiger partial charge in [-0.25, -0.2) is 9.67 Å². The molecule has 0 bridgehead atoms. The van der Waals surface area contributed by atoms with Crippen LogP contribution in [0.15, 0.2) is 11.0 Å². The quantitative estimate of drug-likeness (QED) is 0.687. The van der Waals surface area contributed by atoms with Crippen LogP contribution in [-0.2, 0) is 4.74 Å². The van der Waals surface area contributed by atoms with Gasteiger partial charge in [0.25, 0.3) is 5.56 Å². The van der Waals surface area contributed by atoms with Crippen molar-refractivity contribution in [2.24, 2.45) is 5.92 Å². The molecule has 0 saturated carbocycles. The van der Waals surface area contributed by atoms with Gasteiger partial charge in [-0.2, -0.15) is 5.10 Å². The molecule has 2 aliphatic heterocycles. The summed E-state index contributed by atoms with van der Waals surface area (Å²) in [4.78, 5) is 20.3. The summed E-state index contributed by atoms with van der Waals surface area (Å²) in [7, 11) is 0. The predicted molar refractivity (Wildman–Crippen MR) is 87.7 cm³/mol. The molecule has 0 unspecified atom stereocenters. The van der Waals surface area contributed by atoms with Crippen LogP contribution in [0.5, 0.6) is 0 Å². The number of rotatable bonds is 3. The van der Waals surface area contributed by atoms with E-state index in [4.69, 9.17) is 9.72 Å². The molecule has 8 heteroatoms. The molecule has 2 saturated heterocycles. The van der Waals surface area contributed by atoms with E-state index >= 15 is 0 Å². The molecule has 0 spiro atoms. The largest absolute Gasteiger partial charge is 1.00 e. The maximum atomic E-state index is 12.5. The van der Waals surface area contributed by atoms with Crippen molar-refractivity contribution >= 4 is 11.0 Å². The van der Waals surface area contributed by atoms with Crippen molar-refractivity contribution < 1.29 is 18.6 Å². The van der Waals surface area contributed by atoms with Crippen molar-refractivity contribution in [3.63, 3.8) is 0 Å². The first kappa shape index (κ1) is 17.4. The fraction of sp³-hybridized carbons (Fsp3) is 0.688. The lowest BCUT2D eigenvalue weighted by molar-refractivity contribution is -0.00000664. The van der Waals surface area contributed by atoms with E-state index in [0.717, 1.165) is 57.0 Å². The average Bonchev–Trinajstić information content (AvgIpc) is 3.22. The van der Waals surface area contributed by atoms with Crippen molar-refractivity contribution in [2.75, 3.05) is 26.3 Å². The molecule has 132 valence electrons. The minimum absolute atomic E-state index is 0. The Labute approximate surface area is 148 Å². The van der Waals surface area contributed by atoms with Gasteiger partial charge < -0.3 is 27.4 Å². The van der Waals surface area contributed by atoms with Crippen LogP contribution in [0, 0.1) is 5.92 Å². The Hall–Kier alpha value is -1.44. The molecule has 0 amide bonds. The molecule has 4 heterocycles. The Morgan fingerprint density at radius 3 is 2.92 bits per heavy atom. The molecule has 2 atom stereocenters. The predicted octanol–water partition coefficient (Wildman–Crippen LogP) is -1.70. The normalized spacial score (nSPS) is 25.0. The lowest BCUT2D eigenvalue weighted by Gasteiger charge is -2.23. The number of nitrogens with one attached hydrogen (secondary N) is 2. The molecule has 7 nitrogen and oxygen atoms in total. The van der Waals surface area contributed by atoms with Gasteiger partial charge in [0.15, 0.2) is 5.65 Å². The van der Waals surface area contributed by atoms with Gasteiger partial charge in [0.1, 0.15) is 11.2 Å². The molecule has 2 aliphatic rings. The molecule has 0 aliphatic carbocycles. The maximum Gasteiger partial charge on any atom is 1.00 e. The Balaban J connectivity index is 0.00000113. The van der Waals surface area contributed by atoms with Crippen LogP contribution >= 0.6 is 0 Å². The molecule has 24 heavy (non-hydrogen) atoms. The van der Waals surface area contributed by atoms with Gasteiger partial charge in [0.2, 0.25) is 0 Å². The van der Waals surface area contributed by atoms with Gasteiger partial charge in [-0.15, -0.1) is 0 Å².